The molecule has 0 spiro atoms. The molecule has 3 saturated carbocycles. The molecule has 2 atom stereocenters. The summed E-state index contributed by atoms with van der Waals surface area (Å²) >= 11 is 0. The first-order valence-corrected chi connectivity index (χ1v) is 14.8. The van der Waals surface area contributed by atoms with Crippen molar-refractivity contribution in [2.75, 3.05) is 6.61 Å². The quantitative estimate of drug-likeness (QED) is 0.325. The number of rotatable bonds is 8. The van der Waals surface area contributed by atoms with Gasteiger partial charge in [-0.25, -0.2) is 0 Å². The van der Waals surface area contributed by atoms with Gasteiger partial charge in [-0.05, 0) is 118 Å². The van der Waals surface area contributed by atoms with Gasteiger partial charge in [0, 0.05) is 6.08 Å². The Bertz CT molecular complexity index is 568. The topological polar surface area (TPSA) is 9.23 Å². The van der Waals surface area contributed by atoms with Gasteiger partial charge in [0.2, 0.25) is 0 Å². The normalized spacial score (nSPS) is 40.3. The zero-order valence-corrected chi connectivity index (χ0v) is 21.3. The van der Waals surface area contributed by atoms with Crippen molar-refractivity contribution in [1.29, 1.82) is 0 Å². The van der Waals surface area contributed by atoms with Gasteiger partial charge in [-0.2, -0.15) is 8.78 Å². The number of unbranched alkanes of at least 4 members (excludes halogenated alkanes) is 2. The van der Waals surface area contributed by atoms with Crippen LogP contribution in [0.1, 0.15) is 122 Å². The summed E-state index contributed by atoms with van der Waals surface area (Å²) in [5.41, 5.74) is 0. The SMILES string of the molecule is CCCCCC1CCC(C2CCC(C3CCC(C4CCC(C=C(F)F)OC4)CC3)CC2)CC1. The molecular formula is C30H50F2O. The fourth-order valence-corrected chi connectivity index (χ4v) is 8.24. The molecule has 1 aliphatic heterocycles. The highest BCUT2D eigenvalue weighted by Gasteiger charge is 2.36. The van der Waals surface area contributed by atoms with Crippen LogP contribution in [0.25, 0.3) is 0 Å². The maximum Gasteiger partial charge on any atom is 0.268 e. The molecule has 4 rings (SSSR count). The van der Waals surface area contributed by atoms with Gasteiger partial charge in [0.05, 0.1) is 12.7 Å². The van der Waals surface area contributed by atoms with Gasteiger partial charge >= 0.3 is 0 Å². The van der Waals surface area contributed by atoms with Crippen LogP contribution in [0.15, 0.2) is 12.2 Å². The summed E-state index contributed by atoms with van der Waals surface area (Å²) in [6.45, 7) is 3.01. The average Bonchev–Trinajstić information content (AvgIpc) is 2.85. The molecule has 0 amide bonds. The van der Waals surface area contributed by atoms with Crippen LogP contribution in [0, 0.1) is 41.4 Å². The molecule has 0 aromatic rings. The Hall–Kier alpha value is -0.440. The second kappa shape index (κ2) is 13.0. The van der Waals surface area contributed by atoms with Crippen LogP contribution < -0.4 is 0 Å². The summed E-state index contributed by atoms with van der Waals surface area (Å²) in [6, 6.07) is 0. The lowest BCUT2D eigenvalue weighted by Crippen LogP contribution is -2.34. The van der Waals surface area contributed by atoms with Crippen molar-refractivity contribution in [3.63, 3.8) is 0 Å². The van der Waals surface area contributed by atoms with Crippen molar-refractivity contribution >= 4 is 0 Å². The predicted molar refractivity (Wildman–Crippen MR) is 133 cm³/mol. The number of hydrogen-bond acceptors (Lipinski definition) is 1. The molecule has 3 heteroatoms. The molecule has 0 N–H and O–H groups in total. The molecule has 1 nitrogen and oxygen atoms in total. The Labute approximate surface area is 202 Å². The summed E-state index contributed by atoms with van der Waals surface area (Å²) in [5, 5.41) is 0. The van der Waals surface area contributed by atoms with Crippen molar-refractivity contribution in [3.8, 4) is 0 Å². The first kappa shape index (κ1) is 25.6. The van der Waals surface area contributed by atoms with E-state index in [-0.39, 0.29) is 6.10 Å². The summed E-state index contributed by atoms with van der Waals surface area (Å²) in [7, 11) is 0. The van der Waals surface area contributed by atoms with Gasteiger partial charge in [0.15, 0.2) is 0 Å². The molecule has 0 radical (unpaired) electrons. The minimum absolute atomic E-state index is 0.353. The van der Waals surface area contributed by atoms with Gasteiger partial charge in [-0.1, -0.05) is 45.4 Å². The number of halogens is 2. The van der Waals surface area contributed by atoms with Crippen LogP contribution in [0.2, 0.25) is 0 Å². The lowest BCUT2D eigenvalue weighted by atomic mass is 9.64. The zero-order chi connectivity index (χ0) is 23.0. The van der Waals surface area contributed by atoms with Gasteiger partial charge in [-0.15, -0.1) is 0 Å². The molecule has 0 bridgehead atoms. The van der Waals surface area contributed by atoms with E-state index < -0.39 is 6.08 Å². The van der Waals surface area contributed by atoms with E-state index in [2.05, 4.69) is 6.92 Å². The van der Waals surface area contributed by atoms with E-state index in [9.17, 15) is 8.78 Å². The Morgan fingerprint density at radius 1 is 0.636 bits per heavy atom. The van der Waals surface area contributed by atoms with Crippen molar-refractivity contribution in [2.24, 2.45) is 41.4 Å². The standard InChI is InChI=1S/C30H50F2O/c1-2-3-4-5-22-6-8-23(9-7-22)24-10-12-25(13-11-24)26-14-16-27(17-15-26)28-18-19-29(33-21-28)20-30(31)32/h20,22-29H,2-19,21H2,1H3. The maximum atomic E-state index is 12.5. The van der Waals surface area contributed by atoms with E-state index in [1.54, 1.807) is 0 Å². The predicted octanol–water partition coefficient (Wildman–Crippen LogP) is 9.56. The Morgan fingerprint density at radius 2 is 1.09 bits per heavy atom. The lowest BCUT2D eigenvalue weighted by molar-refractivity contribution is -0.0209. The van der Waals surface area contributed by atoms with E-state index >= 15 is 0 Å². The van der Waals surface area contributed by atoms with E-state index in [4.69, 9.17) is 4.74 Å². The summed E-state index contributed by atoms with van der Waals surface area (Å²) in [4.78, 5) is 0. The molecule has 190 valence electrons. The molecule has 33 heavy (non-hydrogen) atoms. The fourth-order valence-electron chi connectivity index (χ4n) is 8.24. The average molecular weight is 465 g/mol. The molecule has 0 aromatic heterocycles. The van der Waals surface area contributed by atoms with Crippen molar-refractivity contribution in [2.45, 2.75) is 129 Å². The second-order valence-corrected chi connectivity index (χ2v) is 12.3. The molecule has 4 aliphatic rings. The van der Waals surface area contributed by atoms with Gasteiger partial charge in [0.1, 0.15) is 0 Å². The summed E-state index contributed by atoms with van der Waals surface area (Å²) < 4.78 is 30.7. The zero-order valence-electron chi connectivity index (χ0n) is 21.3. The van der Waals surface area contributed by atoms with Crippen LogP contribution >= 0.6 is 0 Å². The summed E-state index contributed by atoms with van der Waals surface area (Å²) in [5.74, 6) is 6.43. The third-order valence-corrected chi connectivity index (χ3v) is 10.4. The highest BCUT2D eigenvalue weighted by atomic mass is 19.3. The molecule has 1 heterocycles. The third-order valence-electron chi connectivity index (χ3n) is 10.4. The van der Waals surface area contributed by atoms with E-state index in [1.165, 1.54) is 103 Å². The monoisotopic (exact) mass is 464 g/mol. The Balaban J connectivity index is 1.11. The van der Waals surface area contributed by atoms with Crippen LogP contribution in [-0.2, 0) is 4.74 Å². The number of hydrogen-bond donors (Lipinski definition) is 0. The first-order valence-electron chi connectivity index (χ1n) is 14.8. The van der Waals surface area contributed by atoms with Crippen molar-refractivity contribution in [1.82, 2.24) is 0 Å². The molecule has 2 unspecified atom stereocenters. The minimum Gasteiger partial charge on any atom is -0.374 e. The van der Waals surface area contributed by atoms with Gasteiger partial charge in [-0.3, -0.25) is 0 Å². The number of ether oxygens (including phenoxy) is 1. The van der Waals surface area contributed by atoms with E-state index in [1.807, 2.05) is 0 Å². The van der Waals surface area contributed by atoms with Gasteiger partial charge in [0.25, 0.3) is 6.08 Å². The van der Waals surface area contributed by atoms with Crippen molar-refractivity contribution < 1.29 is 13.5 Å². The second-order valence-electron chi connectivity index (χ2n) is 12.3. The smallest absolute Gasteiger partial charge is 0.268 e. The first-order chi connectivity index (χ1) is 16.1. The van der Waals surface area contributed by atoms with Crippen LogP contribution in [0.3, 0.4) is 0 Å². The van der Waals surface area contributed by atoms with Crippen LogP contribution in [0.4, 0.5) is 8.78 Å². The molecule has 3 aliphatic carbocycles. The van der Waals surface area contributed by atoms with Gasteiger partial charge < -0.3 is 4.74 Å². The molecule has 1 saturated heterocycles. The molecular weight excluding hydrogens is 414 g/mol. The van der Waals surface area contributed by atoms with Crippen molar-refractivity contribution in [3.05, 3.63) is 12.2 Å². The Kier molecular flexibility index (Phi) is 10.1. The van der Waals surface area contributed by atoms with E-state index in [0.29, 0.717) is 12.5 Å². The summed E-state index contributed by atoms with van der Waals surface area (Å²) in [6.07, 6.45) is 24.2. The largest absolute Gasteiger partial charge is 0.374 e. The highest BCUT2D eigenvalue weighted by molar-refractivity contribution is 4.93. The van der Waals surface area contributed by atoms with E-state index in [0.717, 1.165) is 54.4 Å². The Morgan fingerprint density at radius 3 is 1.52 bits per heavy atom. The van der Waals surface area contributed by atoms with Crippen LogP contribution in [0.5, 0.6) is 0 Å². The lowest BCUT2D eigenvalue weighted by Gasteiger charge is -2.43. The molecule has 0 aromatic carbocycles. The maximum absolute atomic E-state index is 12.5. The highest BCUT2D eigenvalue weighted by Crippen LogP contribution is 2.47. The fraction of sp³-hybridized carbons (Fsp3) is 0.933. The van der Waals surface area contributed by atoms with Crippen LogP contribution in [-0.4, -0.2) is 12.7 Å². The third kappa shape index (κ3) is 7.52. The molecule has 4 fully saturated rings. The minimum atomic E-state index is -1.59.